The standard InChI is InChI=1S/C22H30N4O2/c1-28-18-11-9-16(10-12-18)15-26-13-5-4-8-21(26)19-14-20(25-24-19)22(27)23-17-6-2-3-7-17/h9-12,14,17,21H,2-8,13,15H2,1H3,(H,23,27)(H,24,25). The van der Waals surface area contributed by atoms with Crippen molar-refractivity contribution in [2.45, 2.75) is 63.6 Å². The van der Waals surface area contributed by atoms with Crippen molar-refractivity contribution >= 4 is 5.91 Å². The van der Waals surface area contributed by atoms with Crippen LogP contribution in [0.15, 0.2) is 30.3 Å². The predicted molar refractivity (Wildman–Crippen MR) is 108 cm³/mol. The molecule has 2 heterocycles. The summed E-state index contributed by atoms with van der Waals surface area (Å²) in [6.45, 7) is 1.94. The van der Waals surface area contributed by atoms with Gasteiger partial charge in [-0.05, 0) is 56.0 Å². The first-order chi connectivity index (χ1) is 13.7. The van der Waals surface area contributed by atoms with Crippen molar-refractivity contribution in [2.24, 2.45) is 0 Å². The van der Waals surface area contributed by atoms with Gasteiger partial charge in [-0.3, -0.25) is 14.8 Å². The van der Waals surface area contributed by atoms with Crippen LogP contribution in [0, 0.1) is 0 Å². The molecule has 1 atom stereocenters. The van der Waals surface area contributed by atoms with Gasteiger partial charge in [-0.1, -0.05) is 31.4 Å². The normalized spacial score (nSPS) is 21.0. The molecule has 1 aromatic heterocycles. The van der Waals surface area contributed by atoms with Crippen LogP contribution in [-0.4, -0.2) is 40.7 Å². The molecular formula is C22H30N4O2. The van der Waals surface area contributed by atoms with Gasteiger partial charge in [0, 0.05) is 12.6 Å². The van der Waals surface area contributed by atoms with Crippen molar-refractivity contribution in [3.05, 3.63) is 47.3 Å². The molecule has 0 radical (unpaired) electrons. The van der Waals surface area contributed by atoms with Gasteiger partial charge in [0.15, 0.2) is 0 Å². The molecule has 2 N–H and O–H groups in total. The molecule has 4 rings (SSSR count). The number of carbonyl (C=O) groups excluding carboxylic acids is 1. The summed E-state index contributed by atoms with van der Waals surface area (Å²) < 4.78 is 5.26. The van der Waals surface area contributed by atoms with Crippen molar-refractivity contribution in [1.82, 2.24) is 20.4 Å². The summed E-state index contributed by atoms with van der Waals surface area (Å²) in [5.41, 5.74) is 2.83. The fourth-order valence-electron chi connectivity index (χ4n) is 4.45. The van der Waals surface area contributed by atoms with E-state index in [9.17, 15) is 4.79 Å². The second-order valence-corrected chi connectivity index (χ2v) is 7.99. The molecule has 6 nitrogen and oxygen atoms in total. The third-order valence-corrected chi connectivity index (χ3v) is 6.04. The number of piperidine rings is 1. The van der Waals surface area contributed by atoms with Crippen LogP contribution in [0.5, 0.6) is 5.75 Å². The lowest BCUT2D eigenvalue weighted by Gasteiger charge is -2.35. The summed E-state index contributed by atoms with van der Waals surface area (Å²) in [6, 6.07) is 10.8. The minimum atomic E-state index is -0.0492. The lowest BCUT2D eigenvalue weighted by Crippen LogP contribution is -2.33. The molecule has 1 saturated carbocycles. The molecule has 2 aliphatic rings. The lowest BCUT2D eigenvalue weighted by atomic mass is 9.98. The average Bonchev–Trinajstić information content (AvgIpc) is 3.41. The maximum absolute atomic E-state index is 12.5. The van der Waals surface area contributed by atoms with Crippen LogP contribution >= 0.6 is 0 Å². The molecule has 1 unspecified atom stereocenters. The molecule has 1 aliphatic heterocycles. The van der Waals surface area contributed by atoms with Crippen LogP contribution in [0.4, 0.5) is 0 Å². The number of nitrogens with zero attached hydrogens (tertiary/aromatic N) is 2. The summed E-state index contributed by atoms with van der Waals surface area (Å²) in [7, 11) is 1.69. The zero-order chi connectivity index (χ0) is 19.3. The summed E-state index contributed by atoms with van der Waals surface area (Å²) >= 11 is 0. The molecule has 1 aromatic carbocycles. The summed E-state index contributed by atoms with van der Waals surface area (Å²) in [5.74, 6) is 0.831. The number of carbonyl (C=O) groups is 1. The van der Waals surface area contributed by atoms with E-state index >= 15 is 0 Å². The Balaban J connectivity index is 1.43. The third kappa shape index (κ3) is 4.38. The van der Waals surface area contributed by atoms with Crippen LogP contribution in [0.2, 0.25) is 0 Å². The Morgan fingerprint density at radius 2 is 1.93 bits per heavy atom. The number of likely N-dealkylation sites (tertiary alicyclic amines) is 1. The Hall–Kier alpha value is -2.34. The Morgan fingerprint density at radius 3 is 2.68 bits per heavy atom. The zero-order valence-electron chi connectivity index (χ0n) is 16.6. The number of hydrogen-bond donors (Lipinski definition) is 2. The summed E-state index contributed by atoms with van der Waals surface area (Å²) in [5, 5.41) is 10.6. The molecule has 1 aliphatic carbocycles. The van der Waals surface area contributed by atoms with E-state index in [1.54, 1.807) is 7.11 Å². The Kier molecular flexibility index (Phi) is 5.95. The minimum absolute atomic E-state index is 0.0492. The van der Waals surface area contributed by atoms with E-state index in [0.717, 1.165) is 43.8 Å². The molecule has 0 spiro atoms. The Bertz CT molecular complexity index is 780. The molecule has 1 saturated heterocycles. The van der Waals surface area contributed by atoms with Gasteiger partial charge < -0.3 is 10.1 Å². The van der Waals surface area contributed by atoms with Gasteiger partial charge in [0.1, 0.15) is 11.4 Å². The van der Waals surface area contributed by atoms with Crippen LogP contribution in [0.25, 0.3) is 0 Å². The van der Waals surface area contributed by atoms with Gasteiger partial charge in [0.2, 0.25) is 0 Å². The number of aromatic amines is 1. The largest absolute Gasteiger partial charge is 0.497 e. The third-order valence-electron chi connectivity index (χ3n) is 6.04. The Labute approximate surface area is 166 Å². The molecule has 1 amide bonds. The number of amides is 1. The first-order valence-electron chi connectivity index (χ1n) is 10.5. The monoisotopic (exact) mass is 382 g/mol. The van der Waals surface area contributed by atoms with Crippen LogP contribution < -0.4 is 10.1 Å². The molecule has 2 fully saturated rings. The van der Waals surface area contributed by atoms with E-state index in [2.05, 4.69) is 32.5 Å². The van der Waals surface area contributed by atoms with Gasteiger partial charge in [0.05, 0.1) is 18.8 Å². The van der Waals surface area contributed by atoms with E-state index in [4.69, 9.17) is 4.74 Å². The first kappa shape index (κ1) is 19.0. The maximum Gasteiger partial charge on any atom is 0.271 e. The number of ether oxygens (including phenoxy) is 1. The number of aromatic nitrogens is 2. The fourth-order valence-corrected chi connectivity index (χ4v) is 4.45. The van der Waals surface area contributed by atoms with Gasteiger partial charge in [-0.15, -0.1) is 0 Å². The number of H-pyrrole nitrogens is 1. The van der Waals surface area contributed by atoms with Gasteiger partial charge in [-0.2, -0.15) is 5.10 Å². The highest BCUT2D eigenvalue weighted by Gasteiger charge is 2.27. The smallest absolute Gasteiger partial charge is 0.271 e. The number of nitrogens with one attached hydrogen (secondary N) is 2. The van der Waals surface area contributed by atoms with Crippen LogP contribution in [0.1, 0.15) is 72.7 Å². The number of methoxy groups -OCH3 is 1. The quantitative estimate of drug-likeness (QED) is 0.797. The molecule has 28 heavy (non-hydrogen) atoms. The zero-order valence-corrected chi connectivity index (χ0v) is 16.6. The van der Waals surface area contributed by atoms with Gasteiger partial charge >= 0.3 is 0 Å². The average molecular weight is 383 g/mol. The summed E-state index contributed by atoms with van der Waals surface area (Å²) in [6.07, 6.45) is 8.07. The minimum Gasteiger partial charge on any atom is -0.497 e. The molecule has 6 heteroatoms. The van der Waals surface area contributed by atoms with Crippen LogP contribution in [0.3, 0.4) is 0 Å². The van der Waals surface area contributed by atoms with E-state index < -0.39 is 0 Å². The number of benzene rings is 1. The van der Waals surface area contributed by atoms with E-state index in [0.29, 0.717) is 11.7 Å². The number of hydrogen-bond acceptors (Lipinski definition) is 4. The summed E-state index contributed by atoms with van der Waals surface area (Å²) in [4.78, 5) is 15.0. The van der Waals surface area contributed by atoms with E-state index in [1.165, 1.54) is 31.2 Å². The van der Waals surface area contributed by atoms with Crippen LogP contribution in [-0.2, 0) is 6.54 Å². The SMILES string of the molecule is COc1ccc(CN2CCCCC2c2cc(C(=O)NC3CCCC3)n[nH]2)cc1. The highest BCUT2D eigenvalue weighted by Crippen LogP contribution is 2.31. The van der Waals surface area contributed by atoms with Crippen molar-refractivity contribution in [3.63, 3.8) is 0 Å². The van der Waals surface area contributed by atoms with E-state index in [-0.39, 0.29) is 11.9 Å². The predicted octanol–water partition coefficient (Wildman–Crippen LogP) is 3.82. The first-order valence-corrected chi connectivity index (χ1v) is 10.5. The second-order valence-electron chi connectivity index (χ2n) is 7.99. The maximum atomic E-state index is 12.5. The van der Waals surface area contributed by atoms with Crippen molar-refractivity contribution in [3.8, 4) is 5.75 Å². The van der Waals surface area contributed by atoms with E-state index in [1.807, 2.05) is 18.2 Å². The van der Waals surface area contributed by atoms with Crippen molar-refractivity contribution < 1.29 is 9.53 Å². The fraction of sp³-hybridized carbons (Fsp3) is 0.545. The van der Waals surface area contributed by atoms with Crippen molar-refractivity contribution in [1.29, 1.82) is 0 Å². The molecular weight excluding hydrogens is 352 g/mol. The van der Waals surface area contributed by atoms with Gasteiger partial charge in [-0.25, -0.2) is 0 Å². The second kappa shape index (κ2) is 8.78. The van der Waals surface area contributed by atoms with Crippen molar-refractivity contribution in [2.75, 3.05) is 13.7 Å². The number of rotatable bonds is 6. The molecule has 2 aromatic rings. The highest BCUT2D eigenvalue weighted by atomic mass is 16.5. The topological polar surface area (TPSA) is 70.2 Å². The highest BCUT2D eigenvalue weighted by molar-refractivity contribution is 5.92. The molecule has 0 bridgehead atoms. The molecule has 150 valence electrons. The van der Waals surface area contributed by atoms with Gasteiger partial charge in [0.25, 0.3) is 5.91 Å². The Morgan fingerprint density at radius 1 is 1.18 bits per heavy atom. The lowest BCUT2D eigenvalue weighted by molar-refractivity contribution is 0.0932.